The van der Waals surface area contributed by atoms with Gasteiger partial charge in [0.1, 0.15) is 5.82 Å². The summed E-state index contributed by atoms with van der Waals surface area (Å²) in [6.45, 7) is 4.65. The van der Waals surface area contributed by atoms with Crippen molar-refractivity contribution in [2.75, 3.05) is 51.2 Å². The Hall–Kier alpha value is -2.61. The number of fused-ring (bicyclic) bond motifs is 1. The zero-order valence-electron chi connectivity index (χ0n) is 15.0. The summed E-state index contributed by atoms with van der Waals surface area (Å²) in [4.78, 5) is 27.3. The number of hydrogen-bond acceptors (Lipinski definition) is 6. The van der Waals surface area contributed by atoms with Crippen LogP contribution in [0, 0.1) is 0 Å². The van der Waals surface area contributed by atoms with Crippen LogP contribution >= 0.6 is 0 Å². The van der Waals surface area contributed by atoms with Gasteiger partial charge in [-0.2, -0.15) is 0 Å². The lowest BCUT2D eigenvalue weighted by Gasteiger charge is -2.35. The average molecular weight is 356 g/mol. The first-order chi connectivity index (χ1) is 12.6. The smallest absolute Gasteiger partial charge is 0.314 e. The molecule has 0 aromatic carbocycles. The topological polar surface area (TPSA) is 91.7 Å². The van der Waals surface area contributed by atoms with Crippen LogP contribution in [0.25, 0.3) is 11.6 Å². The highest BCUT2D eigenvalue weighted by molar-refractivity contribution is 5.72. The Morgan fingerprint density at radius 1 is 1.12 bits per heavy atom. The summed E-state index contributed by atoms with van der Waals surface area (Å²) in [5.74, 6) is 2.29. The van der Waals surface area contributed by atoms with E-state index in [9.17, 15) is 4.79 Å². The lowest BCUT2D eigenvalue weighted by molar-refractivity contribution is 0.204. The Labute approximate surface area is 152 Å². The molecule has 2 aliphatic heterocycles. The second-order valence-corrected chi connectivity index (χ2v) is 6.89. The van der Waals surface area contributed by atoms with Gasteiger partial charge in [0.15, 0.2) is 11.6 Å². The second-order valence-electron chi connectivity index (χ2n) is 6.89. The van der Waals surface area contributed by atoms with Crippen molar-refractivity contribution in [3.05, 3.63) is 29.7 Å². The monoisotopic (exact) mass is 356 g/mol. The number of primary amides is 1. The highest BCUT2D eigenvalue weighted by Crippen LogP contribution is 2.28. The molecule has 26 heavy (non-hydrogen) atoms. The van der Waals surface area contributed by atoms with Crippen LogP contribution in [0.15, 0.2) is 22.8 Å². The van der Waals surface area contributed by atoms with E-state index in [-0.39, 0.29) is 6.03 Å². The maximum atomic E-state index is 11.4. The Bertz CT molecular complexity index is 783. The van der Waals surface area contributed by atoms with E-state index < -0.39 is 0 Å². The fraction of sp³-hybridized carbons (Fsp3) is 0.500. The third-order valence-electron chi connectivity index (χ3n) is 5.18. The van der Waals surface area contributed by atoms with Gasteiger partial charge in [0.05, 0.1) is 12.0 Å². The number of piperazine rings is 1. The van der Waals surface area contributed by atoms with E-state index in [0.717, 1.165) is 50.5 Å². The molecule has 2 aromatic rings. The third-order valence-corrected chi connectivity index (χ3v) is 5.18. The quantitative estimate of drug-likeness (QED) is 0.862. The first kappa shape index (κ1) is 16.8. The van der Waals surface area contributed by atoms with Crippen molar-refractivity contribution in [3.8, 4) is 11.6 Å². The summed E-state index contributed by atoms with van der Waals surface area (Å²) in [5, 5.41) is 0. The molecule has 0 aliphatic carbocycles. The number of urea groups is 1. The van der Waals surface area contributed by atoms with Gasteiger partial charge in [-0.05, 0) is 25.6 Å². The first-order valence-electron chi connectivity index (χ1n) is 9.03. The van der Waals surface area contributed by atoms with Gasteiger partial charge in [-0.25, -0.2) is 14.8 Å². The number of anilines is 1. The third kappa shape index (κ3) is 3.24. The predicted molar refractivity (Wildman–Crippen MR) is 98.0 cm³/mol. The number of furan rings is 1. The molecule has 1 saturated heterocycles. The molecule has 4 heterocycles. The maximum Gasteiger partial charge on any atom is 0.314 e. The van der Waals surface area contributed by atoms with Crippen molar-refractivity contribution < 1.29 is 9.21 Å². The molecule has 0 unspecified atom stereocenters. The van der Waals surface area contributed by atoms with Gasteiger partial charge >= 0.3 is 6.03 Å². The number of aromatic nitrogens is 2. The van der Waals surface area contributed by atoms with Crippen LogP contribution in [-0.4, -0.2) is 72.1 Å². The number of likely N-dealkylation sites (N-methyl/N-ethyl adjacent to an activating group) is 1. The molecule has 8 nitrogen and oxygen atoms in total. The van der Waals surface area contributed by atoms with Crippen molar-refractivity contribution in [2.24, 2.45) is 5.73 Å². The summed E-state index contributed by atoms with van der Waals surface area (Å²) in [5.41, 5.74) is 7.73. The molecular weight excluding hydrogens is 332 g/mol. The van der Waals surface area contributed by atoms with Gasteiger partial charge in [-0.1, -0.05) is 0 Å². The molecule has 8 heteroatoms. The van der Waals surface area contributed by atoms with Crippen LogP contribution in [0.1, 0.15) is 11.3 Å². The minimum absolute atomic E-state index is 0.357. The summed E-state index contributed by atoms with van der Waals surface area (Å²) < 4.78 is 5.53. The molecule has 2 N–H and O–H groups in total. The van der Waals surface area contributed by atoms with Crippen LogP contribution < -0.4 is 10.6 Å². The molecule has 0 radical (unpaired) electrons. The van der Waals surface area contributed by atoms with Crippen molar-refractivity contribution in [1.29, 1.82) is 0 Å². The number of carbonyl (C=O) groups is 1. The second kappa shape index (κ2) is 6.95. The molecule has 0 atom stereocenters. The Morgan fingerprint density at radius 2 is 1.88 bits per heavy atom. The molecule has 0 spiro atoms. The van der Waals surface area contributed by atoms with Crippen LogP contribution in [-0.2, 0) is 12.8 Å². The summed E-state index contributed by atoms with van der Waals surface area (Å²) in [7, 11) is 2.14. The summed E-state index contributed by atoms with van der Waals surface area (Å²) in [6.07, 6.45) is 3.47. The van der Waals surface area contributed by atoms with Gasteiger partial charge in [-0.3, -0.25) is 0 Å². The Kier molecular flexibility index (Phi) is 4.50. The van der Waals surface area contributed by atoms with Crippen LogP contribution in [0.2, 0.25) is 0 Å². The van der Waals surface area contributed by atoms with Gasteiger partial charge in [0.25, 0.3) is 0 Å². The largest absolute Gasteiger partial charge is 0.461 e. The maximum absolute atomic E-state index is 11.4. The fourth-order valence-corrected chi connectivity index (χ4v) is 3.61. The highest BCUT2D eigenvalue weighted by Gasteiger charge is 2.26. The van der Waals surface area contributed by atoms with Crippen LogP contribution in [0.4, 0.5) is 10.6 Å². The standard InChI is InChI=1S/C18H24N6O2/c1-22-6-4-13-14(5-7-22)20-16(15-3-2-12-26-15)21-17(13)23-8-10-24(11-9-23)18(19)25/h2-3,12H,4-11H2,1H3,(H2,19,25). The van der Waals surface area contributed by atoms with Gasteiger partial charge in [-0.15, -0.1) is 0 Å². The van der Waals surface area contributed by atoms with Gasteiger partial charge in [0.2, 0.25) is 0 Å². The minimum Gasteiger partial charge on any atom is -0.461 e. The molecule has 0 saturated carbocycles. The van der Waals surface area contributed by atoms with Crippen LogP contribution in [0.3, 0.4) is 0 Å². The van der Waals surface area contributed by atoms with Gasteiger partial charge in [0, 0.05) is 51.3 Å². The van der Waals surface area contributed by atoms with Crippen molar-refractivity contribution in [3.63, 3.8) is 0 Å². The lowest BCUT2D eigenvalue weighted by atomic mass is 10.1. The Morgan fingerprint density at radius 3 is 2.58 bits per heavy atom. The molecule has 4 rings (SSSR count). The van der Waals surface area contributed by atoms with Crippen molar-refractivity contribution in [1.82, 2.24) is 19.8 Å². The number of hydrogen-bond donors (Lipinski definition) is 1. The van der Waals surface area contributed by atoms with E-state index in [1.54, 1.807) is 11.2 Å². The highest BCUT2D eigenvalue weighted by atomic mass is 16.3. The normalized spacial score (nSPS) is 18.5. The molecule has 138 valence electrons. The van der Waals surface area contributed by atoms with E-state index in [1.165, 1.54) is 5.56 Å². The minimum atomic E-state index is -0.357. The Balaban J connectivity index is 1.70. The van der Waals surface area contributed by atoms with Crippen molar-refractivity contribution >= 4 is 11.8 Å². The number of carbonyl (C=O) groups excluding carboxylic acids is 1. The molecular formula is C18H24N6O2. The first-order valence-corrected chi connectivity index (χ1v) is 9.03. The van der Waals surface area contributed by atoms with Gasteiger partial charge < -0.3 is 24.9 Å². The molecule has 2 aliphatic rings. The van der Waals surface area contributed by atoms with Crippen LogP contribution in [0.5, 0.6) is 0 Å². The van der Waals surface area contributed by atoms with E-state index in [4.69, 9.17) is 20.1 Å². The van der Waals surface area contributed by atoms with E-state index in [1.807, 2.05) is 12.1 Å². The van der Waals surface area contributed by atoms with E-state index in [0.29, 0.717) is 24.7 Å². The zero-order valence-corrected chi connectivity index (χ0v) is 15.0. The summed E-state index contributed by atoms with van der Waals surface area (Å²) in [6, 6.07) is 3.38. The average Bonchev–Trinajstić information content (AvgIpc) is 3.12. The predicted octanol–water partition coefficient (Wildman–Crippen LogP) is 0.968. The van der Waals surface area contributed by atoms with E-state index >= 15 is 0 Å². The number of amides is 2. The number of nitrogens with zero attached hydrogens (tertiary/aromatic N) is 5. The molecule has 0 bridgehead atoms. The molecule has 1 fully saturated rings. The van der Waals surface area contributed by atoms with E-state index in [2.05, 4.69) is 16.8 Å². The van der Waals surface area contributed by atoms with Crippen molar-refractivity contribution in [2.45, 2.75) is 12.8 Å². The molecule has 2 aromatic heterocycles. The lowest BCUT2D eigenvalue weighted by Crippen LogP contribution is -2.51. The number of nitrogens with two attached hydrogens (primary N) is 1. The SMILES string of the molecule is CN1CCc2nc(-c3ccco3)nc(N3CCN(C(N)=O)CC3)c2CC1. The molecule has 2 amide bonds. The fourth-order valence-electron chi connectivity index (χ4n) is 3.61. The summed E-state index contributed by atoms with van der Waals surface area (Å²) >= 11 is 0. The number of rotatable bonds is 2. The zero-order chi connectivity index (χ0) is 18.1.